The number of halogens is 6. The van der Waals surface area contributed by atoms with Crippen molar-refractivity contribution in [2.45, 2.75) is 83.2 Å². The van der Waals surface area contributed by atoms with Crippen LogP contribution in [0.4, 0.5) is 36.8 Å². The van der Waals surface area contributed by atoms with Gasteiger partial charge in [-0.3, -0.25) is 10.1 Å². The molecule has 0 spiro atoms. The number of carbonyl (C=O) groups excluding carboxylic acids is 1. The Morgan fingerprint density at radius 2 is 1.67 bits per heavy atom. The van der Waals surface area contributed by atoms with E-state index in [2.05, 4.69) is 20.5 Å². The maximum atomic E-state index is 15.0. The Labute approximate surface area is 269 Å². The highest BCUT2D eigenvalue weighted by Gasteiger charge is 2.61. The van der Waals surface area contributed by atoms with Crippen molar-refractivity contribution in [3.05, 3.63) is 63.5 Å². The van der Waals surface area contributed by atoms with Crippen LogP contribution in [0.25, 0.3) is 11.6 Å². The molecule has 19 heteroatoms. The zero-order chi connectivity index (χ0) is 36.1. The van der Waals surface area contributed by atoms with Crippen LogP contribution < -0.4 is 5.32 Å². The first-order valence-electron chi connectivity index (χ1n) is 14.2. The monoisotopic (exact) mass is 693 g/mol. The Morgan fingerprint density at radius 1 is 1.02 bits per heavy atom. The Bertz CT molecular complexity index is 1570. The summed E-state index contributed by atoms with van der Waals surface area (Å²) >= 11 is 0. The number of alkyl halides is 6. The van der Waals surface area contributed by atoms with E-state index in [-0.39, 0.29) is 25.6 Å². The lowest BCUT2D eigenvalue weighted by Crippen LogP contribution is -2.46. The molecule has 0 aliphatic rings. The van der Waals surface area contributed by atoms with Gasteiger partial charge in [0, 0.05) is 19.2 Å². The number of aromatic nitrogens is 3. The van der Waals surface area contributed by atoms with Crippen LogP contribution in [0.3, 0.4) is 0 Å². The molecule has 2 N–H and O–H groups in total. The Hall–Kier alpha value is -4.52. The molecule has 1 aromatic carbocycles. The van der Waals surface area contributed by atoms with Crippen LogP contribution in [0.1, 0.15) is 64.5 Å². The van der Waals surface area contributed by atoms with E-state index in [1.54, 1.807) is 52.8 Å². The molecule has 264 valence electrons. The molecule has 3 rings (SSSR count). The van der Waals surface area contributed by atoms with Gasteiger partial charge in [-0.05, 0) is 53.0 Å². The quantitative estimate of drug-likeness (QED) is 0.0831. The molecule has 2 heterocycles. The summed E-state index contributed by atoms with van der Waals surface area (Å²) in [6.07, 6.45) is -12.5. The van der Waals surface area contributed by atoms with Gasteiger partial charge in [0.25, 0.3) is 11.8 Å². The van der Waals surface area contributed by atoms with Gasteiger partial charge in [0.15, 0.2) is 0 Å². The minimum Gasteiger partial charge on any atom is -0.493 e. The van der Waals surface area contributed by atoms with E-state index in [1.165, 1.54) is 12.1 Å². The van der Waals surface area contributed by atoms with Gasteiger partial charge in [-0.1, -0.05) is 30.3 Å². The first kappa shape index (κ1) is 37.9. The van der Waals surface area contributed by atoms with Crippen LogP contribution in [0.2, 0.25) is 0 Å². The highest BCUT2D eigenvalue weighted by Crippen LogP contribution is 2.47. The van der Waals surface area contributed by atoms with E-state index in [4.69, 9.17) is 18.6 Å². The largest absolute Gasteiger partial charge is 0.493 e. The molecule has 13 nitrogen and oxygen atoms in total. The first-order chi connectivity index (χ1) is 22.0. The van der Waals surface area contributed by atoms with Crippen LogP contribution in [-0.2, 0) is 32.6 Å². The molecular weight excluding hydrogens is 660 g/mol. The van der Waals surface area contributed by atoms with Crippen LogP contribution in [-0.4, -0.2) is 61.8 Å². The van der Waals surface area contributed by atoms with E-state index in [1.807, 2.05) is 0 Å². The molecule has 0 saturated heterocycles. The molecule has 0 radical (unpaired) electrons. The predicted molar refractivity (Wildman–Crippen MR) is 153 cm³/mol. The number of ether oxygens (including phenoxy) is 3. The molecule has 0 aliphatic heterocycles. The van der Waals surface area contributed by atoms with Crippen molar-refractivity contribution in [1.82, 2.24) is 20.5 Å². The number of hydrogen-bond donors (Lipinski definition) is 2. The summed E-state index contributed by atoms with van der Waals surface area (Å²) in [6.45, 7) is 7.18. The van der Waals surface area contributed by atoms with Gasteiger partial charge in [-0.25, -0.2) is 9.78 Å². The molecular formula is C29H33F6N5O8. The summed E-state index contributed by atoms with van der Waals surface area (Å²) in [6, 6.07) is 7.66. The number of benzene rings is 1. The van der Waals surface area contributed by atoms with Gasteiger partial charge in [0.2, 0.25) is 17.2 Å². The second kappa shape index (κ2) is 14.3. The van der Waals surface area contributed by atoms with Gasteiger partial charge in [0.05, 0.1) is 17.1 Å². The first-order valence-corrected chi connectivity index (χ1v) is 14.2. The van der Waals surface area contributed by atoms with E-state index in [9.17, 15) is 46.4 Å². The number of carbonyl (C=O) groups is 1. The predicted octanol–water partition coefficient (Wildman–Crippen LogP) is 6.84. The zero-order valence-electron chi connectivity index (χ0n) is 26.4. The molecule has 2 aromatic heterocycles. The molecule has 1 amide bonds. The van der Waals surface area contributed by atoms with Crippen LogP contribution in [0, 0.1) is 10.1 Å². The fourth-order valence-electron chi connectivity index (χ4n) is 4.17. The van der Waals surface area contributed by atoms with Gasteiger partial charge in [-0.2, -0.15) is 26.3 Å². The average molecular weight is 694 g/mol. The summed E-state index contributed by atoms with van der Waals surface area (Å²) in [7, 11) is 0. The van der Waals surface area contributed by atoms with Gasteiger partial charge in [0.1, 0.15) is 11.2 Å². The fraction of sp³-hybridized carbons (Fsp3) is 0.517. The third kappa shape index (κ3) is 9.75. The second-order valence-electron chi connectivity index (χ2n) is 12.1. The number of nitrogens with one attached hydrogen (secondary N) is 1. The number of alkyl carbamates (subject to hydrolysis) is 1. The third-order valence-corrected chi connectivity index (χ3v) is 6.47. The second-order valence-corrected chi connectivity index (χ2v) is 12.1. The number of nitro groups is 1. The SMILES string of the molecule is CC(C)(C)OC(=O)NCC(C)(C)OCCC[C@@](OCc1ccccc1)(c1nnc(-c2nc(O)c(C(F)(F)F)cc2[N+](=O)[O-])o1)C(F)(F)F. The molecule has 0 bridgehead atoms. The standard InChI is InChI=1S/C29H33F6N5O8/c1-25(2,3)48-24(42)36-16-26(4,5)45-13-9-12-27(29(33,34)35,46-15-17-10-7-6-8-11-17)23-39-38-22(47-23)20-19(40(43)44)14-18(21(41)37-20)28(30,31)32/h6-8,10-11,14H,9,12-13,15-16H2,1-5H3,(H,36,42)(H,37,41)/t27-/m1/s1. The van der Waals surface area contributed by atoms with E-state index < -0.39 is 87.8 Å². The molecule has 0 unspecified atom stereocenters. The van der Waals surface area contributed by atoms with Crippen molar-refractivity contribution < 1.29 is 59.8 Å². The summed E-state index contributed by atoms with van der Waals surface area (Å²) < 4.78 is 106. The average Bonchev–Trinajstić information content (AvgIpc) is 3.44. The van der Waals surface area contributed by atoms with Crippen molar-refractivity contribution in [2.24, 2.45) is 0 Å². The zero-order valence-corrected chi connectivity index (χ0v) is 26.4. The maximum absolute atomic E-state index is 15.0. The number of pyridine rings is 1. The maximum Gasteiger partial charge on any atom is 0.426 e. The highest BCUT2D eigenvalue weighted by atomic mass is 19.4. The van der Waals surface area contributed by atoms with Gasteiger partial charge >= 0.3 is 24.1 Å². The lowest BCUT2D eigenvalue weighted by Gasteiger charge is -2.33. The summed E-state index contributed by atoms with van der Waals surface area (Å²) in [4.78, 5) is 25.4. The molecule has 3 aromatic rings. The van der Waals surface area contributed by atoms with E-state index in [0.29, 0.717) is 5.56 Å². The van der Waals surface area contributed by atoms with Gasteiger partial charge < -0.3 is 29.1 Å². The number of amides is 1. The normalized spacial score (nSPS) is 14.0. The summed E-state index contributed by atoms with van der Waals surface area (Å²) in [5.41, 5.74) is -9.19. The minimum absolute atomic E-state index is 0.0543. The third-order valence-electron chi connectivity index (χ3n) is 6.47. The van der Waals surface area contributed by atoms with Crippen LogP contribution >= 0.6 is 0 Å². The van der Waals surface area contributed by atoms with Crippen molar-refractivity contribution in [2.75, 3.05) is 13.2 Å². The fourth-order valence-corrected chi connectivity index (χ4v) is 4.17. The molecule has 0 saturated carbocycles. The number of nitrogens with zero attached hydrogens (tertiary/aromatic N) is 4. The van der Waals surface area contributed by atoms with Crippen molar-refractivity contribution in [3.8, 4) is 17.5 Å². The Morgan fingerprint density at radius 3 is 2.23 bits per heavy atom. The van der Waals surface area contributed by atoms with Crippen molar-refractivity contribution in [1.29, 1.82) is 0 Å². The number of hydrogen-bond acceptors (Lipinski definition) is 11. The molecule has 0 aliphatic carbocycles. The topological polar surface area (TPSA) is 172 Å². The lowest BCUT2D eigenvalue weighted by atomic mass is 9.96. The molecule has 1 atom stereocenters. The minimum atomic E-state index is -5.26. The highest BCUT2D eigenvalue weighted by molar-refractivity contribution is 5.67. The van der Waals surface area contributed by atoms with Crippen molar-refractivity contribution >= 4 is 11.8 Å². The summed E-state index contributed by atoms with van der Waals surface area (Å²) in [5, 5.41) is 30.7. The molecule has 48 heavy (non-hydrogen) atoms. The van der Waals surface area contributed by atoms with Crippen LogP contribution in [0.5, 0.6) is 5.88 Å². The number of aromatic hydroxyl groups is 1. The Kier molecular flexibility index (Phi) is 11.3. The smallest absolute Gasteiger partial charge is 0.426 e. The lowest BCUT2D eigenvalue weighted by molar-refractivity contribution is -0.384. The van der Waals surface area contributed by atoms with Gasteiger partial charge in [-0.15, -0.1) is 10.2 Å². The van der Waals surface area contributed by atoms with E-state index in [0.717, 1.165) is 0 Å². The van der Waals surface area contributed by atoms with Crippen LogP contribution in [0.15, 0.2) is 40.8 Å². The summed E-state index contributed by atoms with van der Waals surface area (Å²) in [5.74, 6) is -4.02. The van der Waals surface area contributed by atoms with Crippen molar-refractivity contribution in [3.63, 3.8) is 0 Å². The Balaban J connectivity index is 1.94. The van der Waals surface area contributed by atoms with E-state index >= 15 is 0 Å². The number of rotatable bonds is 13. The molecule has 0 fully saturated rings.